The molecule has 0 spiro atoms. The van der Waals surface area contributed by atoms with Gasteiger partial charge in [-0.05, 0) is 37.0 Å². The highest BCUT2D eigenvalue weighted by molar-refractivity contribution is 7.85. The van der Waals surface area contributed by atoms with Gasteiger partial charge in [-0.3, -0.25) is 14.2 Å². The first kappa shape index (κ1) is 27.7. The number of piperidine rings is 1. The van der Waals surface area contributed by atoms with Crippen molar-refractivity contribution in [3.05, 3.63) is 60.3 Å². The third-order valence-corrected chi connectivity index (χ3v) is 4.99. The molecule has 2 heterocycles. The molecule has 4 N–H and O–H groups in total. The largest absolute Gasteiger partial charge is 0.382 e. The van der Waals surface area contributed by atoms with Crippen molar-refractivity contribution in [3.8, 4) is 0 Å². The highest BCUT2D eigenvalue weighted by Gasteiger charge is 2.19. The van der Waals surface area contributed by atoms with E-state index >= 15 is 0 Å². The molecule has 12 heteroatoms. The molecule has 0 saturated carbocycles. The van der Waals surface area contributed by atoms with E-state index in [-0.39, 0.29) is 0 Å². The van der Waals surface area contributed by atoms with Gasteiger partial charge in [0.25, 0.3) is 20.2 Å². The fourth-order valence-electron chi connectivity index (χ4n) is 3.55. The molecule has 34 heavy (non-hydrogen) atoms. The van der Waals surface area contributed by atoms with Crippen LogP contribution in [0.4, 0.5) is 5.69 Å². The van der Waals surface area contributed by atoms with E-state index in [0.717, 1.165) is 18.5 Å². The van der Waals surface area contributed by atoms with Crippen LogP contribution < -0.4 is 5.32 Å². The zero-order valence-corrected chi connectivity index (χ0v) is 20.9. The van der Waals surface area contributed by atoms with E-state index in [0.29, 0.717) is 18.6 Å². The van der Waals surface area contributed by atoms with Gasteiger partial charge in [0.15, 0.2) is 0 Å². The second kappa shape index (κ2) is 12.8. The Morgan fingerprint density at radius 2 is 1.56 bits per heavy atom. The molecule has 1 aliphatic rings. The summed E-state index contributed by atoms with van der Waals surface area (Å²) in [5, 5.41) is 12.1. The fourth-order valence-corrected chi connectivity index (χ4v) is 3.55. The highest BCUT2D eigenvalue weighted by Crippen LogP contribution is 2.24. The van der Waals surface area contributed by atoms with Crippen molar-refractivity contribution in [1.82, 2.24) is 15.1 Å². The van der Waals surface area contributed by atoms with Crippen LogP contribution in [0.15, 0.2) is 54.7 Å². The van der Waals surface area contributed by atoms with Crippen LogP contribution in [0, 0.1) is 0 Å². The van der Waals surface area contributed by atoms with E-state index < -0.39 is 20.2 Å². The number of H-pyrrole nitrogens is 1. The summed E-state index contributed by atoms with van der Waals surface area (Å²) in [4.78, 5) is 2.59. The molecule has 1 aliphatic heterocycles. The molecule has 1 fully saturated rings. The number of nitrogens with zero attached hydrogens (tertiary/aromatic N) is 2. The predicted molar refractivity (Wildman–Crippen MR) is 134 cm³/mol. The lowest BCUT2D eigenvalue weighted by Crippen LogP contribution is -2.40. The minimum Gasteiger partial charge on any atom is -0.382 e. The van der Waals surface area contributed by atoms with Gasteiger partial charge in [-0.1, -0.05) is 36.4 Å². The Bertz CT molecular complexity index is 1180. The second-order valence-corrected chi connectivity index (χ2v) is 11.0. The summed E-state index contributed by atoms with van der Waals surface area (Å²) in [7, 11) is -7.33. The van der Waals surface area contributed by atoms with Gasteiger partial charge in [0.1, 0.15) is 0 Å². The number of anilines is 1. The van der Waals surface area contributed by atoms with Gasteiger partial charge >= 0.3 is 0 Å². The standard InChI is InChI=1S/C20H24N4.2CH4O3S/c1-2-5-16(6-3-1)9-12-24-13-10-17(11-14-24)22-19-7-4-8-20-18(19)15-21-23-20;2*1-5(2,3)4/h1-8,15,17,22H,9-14H2,(H,21,23);2*1H3,(H,2,3,4). The van der Waals surface area contributed by atoms with Gasteiger partial charge in [-0.2, -0.15) is 21.9 Å². The molecule has 0 aliphatic carbocycles. The Balaban J connectivity index is 0.000000347. The Labute approximate surface area is 200 Å². The van der Waals surface area contributed by atoms with E-state index in [9.17, 15) is 16.8 Å². The molecule has 0 bridgehead atoms. The van der Waals surface area contributed by atoms with E-state index in [1.54, 1.807) is 0 Å². The molecular weight excluding hydrogens is 480 g/mol. The molecule has 3 aromatic rings. The summed E-state index contributed by atoms with van der Waals surface area (Å²) in [5.74, 6) is 0. The van der Waals surface area contributed by atoms with Crippen LogP contribution in [0.3, 0.4) is 0 Å². The summed E-state index contributed by atoms with van der Waals surface area (Å²) in [6.45, 7) is 3.51. The average Bonchev–Trinajstić information content (AvgIpc) is 3.22. The number of likely N-dealkylation sites (tertiary alicyclic amines) is 1. The van der Waals surface area contributed by atoms with E-state index in [1.807, 2.05) is 6.20 Å². The van der Waals surface area contributed by atoms with Crippen molar-refractivity contribution in [2.75, 3.05) is 37.5 Å². The third-order valence-electron chi connectivity index (χ3n) is 4.99. The first-order valence-electron chi connectivity index (χ1n) is 10.7. The molecule has 1 aromatic heterocycles. The molecule has 4 rings (SSSR count). The number of hydrogen-bond acceptors (Lipinski definition) is 7. The van der Waals surface area contributed by atoms with Crippen LogP contribution in [0.2, 0.25) is 0 Å². The summed E-state index contributed by atoms with van der Waals surface area (Å²) < 4.78 is 51.7. The van der Waals surface area contributed by atoms with Gasteiger partial charge in [0.2, 0.25) is 0 Å². The van der Waals surface area contributed by atoms with Crippen LogP contribution >= 0.6 is 0 Å². The lowest BCUT2D eigenvalue weighted by atomic mass is 10.0. The molecule has 188 valence electrons. The first-order chi connectivity index (χ1) is 15.9. The number of benzene rings is 2. The molecule has 0 radical (unpaired) electrons. The van der Waals surface area contributed by atoms with Crippen LogP contribution in [-0.4, -0.2) is 79.2 Å². The average molecular weight is 513 g/mol. The zero-order chi connectivity index (χ0) is 25.2. The quantitative estimate of drug-likeness (QED) is 0.378. The Morgan fingerprint density at radius 3 is 2.15 bits per heavy atom. The zero-order valence-electron chi connectivity index (χ0n) is 19.3. The molecule has 0 atom stereocenters. The maximum absolute atomic E-state index is 9.19. The maximum atomic E-state index is 9.19. The number of fused-ring (bicyclic) bond motifs is 1. The summed E-state index contributed by atoms with van der Waals surface area (Å²) >= 11 is 0. The fraction of sp³-hybridized carbons (Fsp3) is 0.409. The van der Waals surface area contributed by atoms with Crippen LogP contribution in [0.1, 0.15) is 18.4 Å². The van der Waals surface area contributed by atoms with Gasteiger partial charge < -0.3 is 10.2 Å². The molecule has 0 amide bonds. The lowest BCUT2D eigenvalue weighted by Gasteiger charge is -2.33. The van der Waals surface area contributed by atoms with Gasteiger partial charge in [-0.15, -0.1) is 0 Å². The van der Waals surface area contributed by atoms with Crippen molar-refractivity contribution in [3.63, 3.8) is 0 Å². The van der Waals surface area contributed by atoms with Gasteiger partial charge in [0.05, 0.1) is 24.2 Å². The van der Waals surface area contributed by atoms with Crippen molar-refractivity contribution in [2.24, 2.45) is 0 Å². The normalized spacial score (nSPS) is 15.1. The van der Waals surface area contributed by atoms with Crippen LogP contribution in [-0.2, 0) is 26.7 Å². The maximum Gasteiger partial charge on any atom is 0.261 e. The van der Waals surface area contributed by atoms with Gasteiger partial charge in [0, 0.05) is 36.7 Å². The summed E-state index contributed by atoms with van der Waals surface area (Å²) in [6.07, 6.45) is 6.88. The summed E-state index contributed by atoms with van der Waals surface area (Å²) in [5.41, 5.74) is 3.73. The van der Waals surface area contributed by atoms with Crippen molar-refractivity contribution in [2.45, 2.75) is 25.3 Å². The van der Waals surface area contributed by atoms with E-state index in [2.05, 4.69) is 68.9 Å². The second-order valence-electron chi connectivity index (χ2n) is 8.10. The molecular formula is C22H32N4O6S2. The lowest BCUT2D eigenvalue weighted by molar-refractivity contribution is 0.221. The number of aromatic nitrogens is 2. The third kappa shape index (κ3) is 12.1. The topological polar surface area (TPSA) is 153 Å². The number of hydrogen-bond donors (Lipinski definition) is 4. The van der Waals surface area contributed by atoms with Crippen LogP contribution in [0.5, 0.6) is 0 Å². The highest BCUT2D eigenvalue weighted by atomic mass is 32.2. The van der Waals surface area contributed by atoms with Crippen molar-refractivity contribution < 1.29 is 25.9 Å². The van der Waals surface area contributed by atoms with Crippen molar-refractivity contribution >= 4 is 36.8 Å². The SMILES string of the molecule is CS(=O)(=O)O.CS(=O)(=O)O.c1ccc(CCN2CCC(Nc3cccc4[nH]ncc34)CC2)cc1. The minimum atomic E-state index is -3.67. The van der Waals surface area contributed by atoms with E-state index in [4.69, 9.17) is 9.11 Å². The molecule has 0 unspecified atom stereocenters. The smallest absolute Gasteiger partial charge is 0.261 e. The minimum absolute atomic E-state index is 0.554. The monoisotopic (exact) mass is 512 g/mol. The molecule has 1 saturated heterocycles. The van der Waals surface area contributed by atoms with E-state index in [1.165, 1.54) is 42.6 Å². The Kier molecular flexibility index (Phi) is 10.5. The Morgan fingerprint density at radius 1 is 0.971 bits per heavy atom. The first-order valence-corrected chi connectivity index (χ1v) is 14.4. The number of nitrogens with one attached hydrogen (secondary N) is 2. The number of rotatable bonds is 5. The predicted octanol–water partition coefficient (Wildman–Crippen LogP) is 2.69. The summed E-state index contributed by atoms with van der Waals surface area (Å²) in [6, 6.07) is 17.6. The number of aromatic amines is 1. The Hall–Kier alpha value is -2.51. The van der Waals surface area contributed by atoms with Crippen LogP contribution in [0.25, 0.3) is 10.9 Å². The van der Waals surface area contributed by atoms with Crippen molar-refractivity contribution in [1.29, 1.82) is 0 Å². The molecule has 2 aromatic carbocycles. The van der Waals surface area contributed by atoms with Gasteiger partial charge in [-0.25, -0.2) is 0 Å². The molecule has 10 nitrogen and oxygen atoms in total.